The maximum absolute atomic E-state index is 12.3. The van der Waals surface area contributed by atoms with Crippen molar-refractivity contribution >= 4 is 22.8 Å². The lowest BCUT2D eigenvalue weighted by Gasteiger charge is -2.09. The molecule has 0 saturated carbocycles. The average Bonchev–Trinajstić information content (AvgIpc) is 2.93. The van der Waals surface area contributed by atoms with Gasteiger partial charge < -0.3 is 4.98 Å². The highest BCUT2D eigenvalue weighted by atomic mass is 35.5. The topological polar surface area (TPSA) is 72.7 Å². The van der Waals surface area contributed by atoms with Crippen molar-refractivity contribution in [2.75, 3.05) is 0 Å². The van der Waals surface area contributed by atoms with Crippen molar-refractivity contribution in [1.82, 2.24) is 19.1 Å². The summed E-state index contributed by atoms with van der Waals surface area (Å²) in [6.45, 7) is 0.125. The SMILES string of the molecule is Cn1c(=O)n(Cc2ccccc2Cl)c(=O)c2[nH]cnc21. The standard InChI is InChI=1S/C13H11ClN4O2/c1-17-11-10(15-7-16-11)12(19)18(13(17)20)6-8-4-2-3-5-9(8)14/h2-5,7H,6H2,1H3,(H,15,16). The zero-order chi connectivity index (χ0) is 14.3. The first-order chi connectivity index (χ1) is 9.59. The van der Waals surface area contributed by atoms with Gasteiger partial charge in [-0.25, -0.2) is 9.78 Å². The maximum Gasteiger partial charge on any atom is 0.332 e. The molecule has 0 amide bonds. The van der Waals surface area contributed by atoms with Crippen LogP contribution in [0.15, 0.2) is 40.2 Å². The summed E-state index contributed by atoms with van der Waals surface area (Å²) in [5.41, 5.74) is 0.539. The Morgan fingerprint density at radius 1 is 1.30 bits per heavy atom. The van der Waals surface area contributed by atoms with E-state index in [0.29, 0.717) is 21.7 Å². The molecule has 7 heteroatoms. The monoisotopic (exact) mass is 290 g/mol. The van der Waals surface area contributed by atoms with Crippen LogP contribution in [-0.4, -0.2) is 19.1 Å². The van der Waals surface area contributed by atoms with Crippen molar-refractivity contribution in [3.63, 3.8) is 0 Å². The average molecular weight is 291 g/mol. The summed E-state index contributed by atoms with van der Waals surface area (Å²) in [5, 5.41) is 0.520. The van der Waals surface area contributed by atoms with Crippen molar-refractivity contribution in [2.45, 2.75) is 6.54 Å². The van der Waals surface area contributed by atoms with Crippen LogP contribution in [0.3, 0.4) is 0 Å². The number of nitrogens with zero attached hydrogens (tertiary/aromatic N) is 3. The first-order valence-electron chi connectivity index (χ1n) is 5.96. The second kappa shape index (κ2) is 4.64. The lowest BCUT2D eigenvalue weighted by molar-refractivity contribution is 0.657. The molecule has 1 N–H and O–H groups in total. The van der Waals surface area contributed by atoms with Crippen LogP contribution in [0.25, 0.3) is 11.2 Å². The molecule has 0 fully saturated rings. The molecule has 1 aromatic carbocycles. The molecule has 0 unspecified atom stereocenters. The number of nitrogens with one attached hydrogen (secondary N) is 1. The molecule has 20 heavy (non-hydrogen) atoms. The van der Waals surface area contributed by atoms with Gasteiger partial charge in [-0.15, -0.1) is 0 Å². The van der Waals surface area contributed by atoms with Crippen LogP contribution >= 0.6 is 11.6 Å². The zero-order valence-corrected chi connectivity index (χ0v) is 11.4. The van der Waals surface area contributed by atoms with Gasteiger partial charge in [0.1, 0.15) is 5.52 Å². The van der Waals surface area contributed by atoms with Crippen molar-refractivity contribution < 1.29 is 0 Å². The highest BCUT2D eigenvalue weighted by Crippen LogP contribution is 2.15. The Morgan fingerprint density at radius 2 is 2.05 bits per heavy atom. The summed E-state index contributed by atoms with van der Waals surface area (Å²) < 4.78 is 2.48. The third-order valence-electron chi connectivity index (χ3n) is 3.20. The fraction of sp³-hybridized carbons (Fsp3) is 0.154. The molecule has 0 atom stereocenters. The van der Waals surface area contributed by atoms with E-state index < -0.39 is 11.2 Å². The molecule has 2 aromatic heterocycles. The van der Waals surface area contributed by atoms with E-state index in [-0.39, 0.29) is 6.54 Å². The molecular weight excluding hydrogens is 280 g/mol. The van der Waals surface area contributed by atoms with E-state index in [2.05, 4.69) is 9.97 Å². The minimum Gasteiger partial charge on any atom is -0.339 e. The number of aromatic amines is 1. The van der Waals surface area contributed by atoms with Gasteiger partial charge in [0.25, 0.3) is 5.56 Å². The van der Waals surface area contributed by atoms with E-state index in [9.17, 15) is 9.59 Å². The summed E-state index contributed by atoms with van der Waals surface area (Å²) in [6, 6.07) is 7.11. The number of aryl methyl sites for hydroxylation is 1. The van der Waals surface area contributed by atoms with Crippen LogP contribution in [0.1, 0.15) is 5.56 Å². The molecule has 0 radical (unpaired) electrons. The van der Waals surface area contributed by atoms with E-state index in [1.807, 2.05) is 6.07 Å². The third kappa shape index (κ3) is 1.85. The Hall–Kier alpha value is -2.34. The third-order valence-corrected chi connectivity index (χ3v) is 3.57. The first-order valence-corrected chi connectivity index (χ1v) is 6.33. The fourth-order valence-corrected chi connectivity index (χ4v) is 2.32. The molecule has 0 bridgehead atoms. The number of imidazole rings is 1. The van der Waals surface area contributed by atoms with Crippen LogP contribution in [-0.2, 0) is 13.6 Å². The quantitative estimate of drug-likeness (QED) is 0.769. The van der Waals surface area contributed by atoms with Crippen molar-refractivity contribution in [3.05, 3.63) is 62.0 Å². The lowest BCUT2D eigenvalue weighted by Crippen LogP contribution is -2.39. The van der Waals surface area contributed by atoms with Crippen molar-refractivity contribution in [1.29, 1.82) is 0 Å². The Labute approximate surface area is 118 Å². The Bertz CT molecular complexity index is 907. The second-order valence-electron chi connectivity index (χ2n) is 4.43. The van der Waals surface area contributed by atoms with Crippen molar-refractivity contribution in [3.8, 4) is 0 Å². The fourth-order valence-electron chi connectivity index (χ4n) is 2.13. The van der Waals surface area contributed by atoms with Gasteiger partial charge in [0.15, 0.2) is 5.65 Å². The van der Waals surface area contributed by atoms with Crippen molar-refractivity contribution in [2.24, 2.45) is 7.05 Å². The highest BCUT2D eigenvalue weighted by molar-refractivity contribution is 6.31. The molecule has 0 saturated heterocycles. The molecule has 6 nitrogen and oxygen atoms in total. The van der Waals surface area contributed by atoms with Crippen LogP contribution in [0.2, 0.25) is 5.02 Å². The molecule has 3 aromatic rings. The number of hydrogen-bond acceptors (Lipinski definition) is 3. The minimum atomic E-state index is -0.422. The minimum absolute atomic E-state index is 0.125. The molecule has 0 aliphatic rings. The Kier molecular flexibility index (Phi) is 2.94. The van der Waals surface area contributed by atoms with Gasteiger partial charge in [0.2, 0.25) is 0 Å². The predicted octanol–water partition coefficient (Wildman–Crippen LogP) is 1.12. The Balaban J connectivity index is 2.25. The summed E-state index contributed by atoms with van der Waals surface area (Å²) in [5.74, 6) is 0. The van der Waals surface area contributed by atoms with Crippen LogP contribution in [0.5, 0.6) is 0 Å². The summed E-state index contributed by atoms with van der Waals surface area (Å²) in [4.78, 5) is 31.3. The molecule has 3 rings (SSSR count). The predicted molar refractivity (Wildman–Crippen MR) is 76.1 cm³/mol. The summed E-state index contributed by atoms with van der Waals surface area (Å²) in [7, 11) is 1.58. The van der Waals surface area contributed by atoms with Gasteiger partial charge in [-0.05, 0) is 11.6 Å². The normalized spacial score (nSPS) is 11.1. The smallest absolute Gasteiger partial charge is 0.332 e. The van der Waals surface area contributed by atoms with E-state index in [4.69, 9.17) is 11.6 Å². The maximum atomic E-state index is 12.3. The first kappa shape index (κ1) is 12.7. The van der Waals surface area contributed by atoms with Crippen LogP contribution in [0, 0.1) is 0 Å². The number of H-pyrrole nitrogens is 1. The van der Waals surface area contributed by atoms with E-state index in [1.165, 1.54) is 10.9 Å². The molecular formula is C13H11ClN4O2. The number of fused-ring (bicyclic) bond motifs is 1. The largest absolute Gasteiger partial charge is 0.339 e. The van der Waals surface area contributed by atoms with E-state index in [0.717, 1.165) is 4.57 Å². The number of rotatable bonds is 2. The van der Waals surface area contributed by atoms with Gasteiger partial charge in [-0.3, -0.25) is 13.9 Å². The molecule has 2 heterocycles. The molecule has 102 valence electrons. The van der Waals surface area contributed by atoms with Crippen LogP contribution < -0.4 is 11.2 Å². The van der Waals surface area contributed by atoms with Gasteiger partial charge in [-0.1, -0.05) is 29.8 Å². The zero-order valence-electron chi connectivity index (χ0n) is 10.6. The van der Waals surface area contributed by atoms with E-state index in [1.54, 1.807) is 25.2 Å². The van der Waals surface area contributed by atoms with Gasteiger partial charge in [-0.2, -0.15) is 0 Å². The molecule has 0 spiro atoms. The molecule has 0 aliphatic heterocycles. The number of aromatic nitrogens is 4. The second-order valence-corrected chi connectivity index (χ2v) is 4.83. The van der Waals surface area contributed by atoms with Gasteiger partial charge in [0, 0.05) is 12.1 Å². The van der Waals surface area contributed by atoms with E-state index >= 15 is 0 Å². The van der Waals surface area contributed by atoms with Crippen LogP contribution in [0.4, 0.5) is 0 Å². The number of hydrogen-bond donors (Lipinski definition) is 1. The Morgan fingerprint density at radius 3 is 2.80 bits per heavy atom. The molecule has 0 aliphatic carbocycles. The van der Waals surface area contributed by atoms with Gasteiger partial charge in [0.05, 0.1) is 12.9 Å². The highest BCUT2D eigenvalue weighted by Gasteiger charge is 2.13. The summed E-state index contributed by atoms with van der Waals surface area (Å²) >= 11 is 6.07. The lowest BCUT2D eigenvalue weighted by atomic mass is 10.2. The summed E-state index contributed by atoms with van der Waals surface area (Å²) in [6.07, 6.45) is 1.39. The number of halogens is 1. The number of benzene rings is 1. The van der Waals surface area contributed by atoms with Gasteiger partial charge >= 0.3 is 5.69 Å².